The third-order valence-electron chi connectivity index (χ3n) is 4.49. The van der Waals surface area contributed by atoms with Crippen LogP contribution in [-0.2, 0) is 0 Å². The van der Waals surface area contributed by atoms with Gasteiger partial charge in [-0.05, 0) is 23.1 Å². The molecule has 0 unspecified atom stereocenters. The minimum atomic E-state index is -0.962. The van der Waals surface area contributed by atoms with Gasteiger partial charge in [-0.3, -0.25) is 4.79 Å². The molecule has 2 aromatic carbocycles. The van der Waals surface area contributed by atoms with E-state index in [1.165, 1.54) is 4.68 Å². The van der Waals surface area contributed by atoms with Crippen LogP contribution in [0.4, 0.5) is 0 Å². The largest absolute Gasteiger partial charge is 0.387 e. The fourth-order valence-corrected chi connectivity index (χ4v) is 2.84. The zero-order valence-electron chi connectivity index (χ0n) is 15.8. The highest BCUT2D eigenvalue weighted by atomic mass is 16.3. The number of fused-ring (bicyclic) bond motifs is 1. The smallest absolute Gasteiger partial charge is 0.280 e. The number of aliphatic hydroxyl groups is 2. The Hall–Kier alpha value is -2.70. The fourth-order valence-electron chi connectivity index (χ4n) is 2.84. The summed E-state index contributed by atoms with van der Waals surface area (Å²) >= 11 is 0. The average molecular weight is 367 g/mol. The summed E-state index contributed by atoms with van der Waals surface area (Å²) in [5, 5.41) is 21.6. The van der Waals surface area contributed by atoms with E-state index in [1.54, 1.807) is 24.3 Å². The van der Waals surface area contributed by atoms with Crippen molar-refractivity contribution in [3.05, 3.63) is 76.3 Å². The van der Waals surface area contributed by atoms with Gasteiger partial charge in [-0.2, -0.15) is 0 Å². The fraction of sp³-hybridized carbons (Fsp3) is 0.333. The van der Waals surface area contributed by atoms with Crippen molar-refractivity contribution >= 4 is 10.9 Å². The van der Waals surface area contributed by atoms with Gasteiger partial charge >= 0.3 is 0 Å². The maximum Gasteiger partial charge on any atom is 0.280 e. The summed E-state index contributed by atoms with van der Waals surface area (Å²) in [6.45, 7) is 5.74. The van der Waals surface area contributed by atoms with Gasteiger partial charge in [0, 0.05) is 0 Å². The van der Waals surface area contributed by atoms with Gasteiger partial charge in [-0.25, -0.2) is 9.66 Å². The van der Waals surface area contributed by atoms with Gasteiger partial charge in [0.15, 0.2) is 5.82 Å². The molecule has 6 nitrogen and oxygen atoms in total. The monoisotopic (exact) mass is 367 g/mol. The number of hydrogen-bond donors (Lipinski definition) is 3. The Kier molecular flexibility index (Phi) is 5.30. The molecule has 142 valence electrons. The van der Waals surface area contributed by atoms with E-state index in [0.29, 0.717) is 10.9 Å². The van der Waals surface area contributed by atoms with Crippen LogP contribution in [0, 0.1) is 5.41 Å². The Morgan fingerprint density at radius 3 is 2.33 bits per heavy atom. The van der Waals surface area contributed by atoms with Crippen LogP contribution in [0.5, 0.6) is 0 Å². The molecule has 0 fully saturated rings. The van der Waals surface area contributed by atoms with Crippen molar-refractivity contribution in [2.24, 2.45) is 5.41 Å². The summed E-state index contributed by atoms with van der Waals surface area (Å²) in [5.74, 6) is 0.228. The van der Waals surface area contributed by atoms with Crippen LogP contribution in [0.25, 0.3) is 10.9 Å². The van der Waals surface area contributed by atoms with Gasteiger partial charge in [-0.15, -0.1) is 0 Å². The molecule has 0 saturated heterocycles. The van der Waals surface area contributed by atoms with E-state index in [2.05, 4.69) is 10.4 Å². The van der Waals surface area contributed by atoms with Gasteiger partial charge in [0.1, 0.15) is 6.10 Å². The number of aromatic nitrogens is 2. The molecule has 6 heteroatoms. The molecular formula is C21H25N3O3. The van der Waals surface area contributed by atoms with Crippen LogP contribution in [0.15, 0.2) is 59.4 Å². The minimum Gasteiger partial charge on any atom is -0.387 e. The Morgan fingerprint density at radius 1 is 1.04 bits per heavy atom. The first-order valence-electron chi connectivity index (χ1n) is 8.95. The predicted molar refractivity (Wildman–Crippen MR) is 106 cm³/mol. The summed E-state index contributed by atoms with van der Waals surface area (Å²) in [6.07, 6.45) is -1.76. The quantitative estimate of drug-likeness (QED) is 0.645. The molecule has 27 heavy (non-hydrogen) atoms. The third kappa shape index (κ3) is 4.02. The van der Waals surface area contributed by atoms with E-state index in [1.807, 2.05) is 51.1 Å². The number of nitrogens with one attached hydrogen (secondary N) is 1. The molecule has 1 heterocycles. The Bertz CT molecular complexity index is 977. The molecule has 0 amide bonds. The first-order valence-corrected chi connectivity index (χ1v) is 8.95. The van der Waals surface area contributed by atoms with Crippen LogP contribution < -0.4 is 11.0 Å². The average Bonchev–Trinajstić information content (AvgIpc) is 2.66. The number of hydrogen-bond acceptors (Lipinski definition) is 5. The maximum atomic E-state index is 13.0. The van der Waals surface area contributed by atoms with Crippen molar-refractivity contribution in [1.82, 2.24) is 9.66 Å². The second-order valence-electron chi connectivity index (χ2n) is 7.68. The number of para-hydroxylation sites is 1. The highest BCUT2D eigenvalue weighted by molar-refractivity contribution is 5.77. The molecule has 2 atom stereocenters. The molecule has 0 radical (unpaired) electrons. The summed E-state index contributed by atoms with van der Waals surface area (Å²) in [4.78, 5) is 17.5. The van der Waals surface area contributed by atoms with Gasteiger partial charge in [0.05, 0.1) is 23.6 Å². The molecule has 0 saturated carbocycles. The van der Waals surface area contributed by atoms with E-state index in [4.69, 9.17) is 0 Å². The highest BCUT2D eigenvalue weighted by Crippen LogP contribution is 2.31. The van der Waals surface area contributed by atoms with Gasteiger partial charge in [-0.1, -0.05) is 63.2 Å². The van der Waals surface area contributed by atoms with E-state index in [9.17, 15) is 15.0 Å². The van der Waals surface area contributed by atoms with Crippen LogP contribution in [0.2, 0.25) is 0 Å². The van der Waals surface area contributed by atoms with Crippen molar-refractivity contribution < 1.29 is 10.2 Å². The lowest BCUT2D eigenvalue weighted by atomic mass is 9.88. The predicted octanol–water partition coefficient (Wildman–Crippen LogP) is 2.75. The Labute approximate surface area is 158 Å². The number of nitrogens with zero attached hydrogens (tertiary/aromatic N) is 2. The number of rotatable bonds is 5. The zero-order valence-corrected chi connectivity index (χ0v) is 15.8. The van der Waals surface area contributed by atoms with Gasteiger partial charge in [0.25, 0.3) is 5.56 Å². The van der Waals surface area contributed by atoms with Crippen LogP contribution in [0.3, 0.4) is 0 Å². The first kappa shape index (κ1) is 19.1. The Balaban J connectivity index is 2.01. The normalized spacial score (nSPS) is 14.1. The summed E-state index contributed by atoms with van der Waals surface area (Å²) < 4.78 is 1.25. The lowest BCUT2D eigenvalue weighted by molar-refractivity contribution is 0.0515. The third-order valence-corrected chi connectivity index (χ3v) is 4.49. The van der Waals surface area contributed by atoms with Crippen LogP contribution in [-0.4, -0.2) is 26.4 Å². The highest BCUT2D eigenvalue weighted by Gasteiger charge is 2.29. The molecule has 1 aromatic heterocycles. The minimum absolute atomic E-state index is 0.105. The lowest BCUT2D eigenvalue weighted by Gasteiger charge is -2.28. The molecule has 3 rings (SSSR count). The van der Waals surface area contributed by atoms with Crippen molar-refractivity contribution in [1.29, 1.82) is 0 Å². The molecule has 3 aromatic rings. The molecular weight excluding hydrogens is 342 g/mol. The SMILES string of the molecule is CC(C)(C)[C@H](O)c1nc2ccccc2c(=O)n1NC[C@H](O)c1ccccc1. The van der Waals surface area contributed by atoms with Crippen LogP contribution in [0.1, 0.15) is 44.4 Å². The van der Waals surface area contributed by atoms with Crippen molar-refractivity contribution in [2.45, 2.75) is 33.0 Å². The second-order valence-corrected chi connectivity index (χ2v) is 7.68. The molecule has 0 spiro atoms. The van der Waals surface area contributed by atoms with Crippen molar-refractivity contribution in [3.63, 3.8) is 0 Å². The topological polar surface area (TPSA) is 87.4 Å². The van der Waals surface area contributed by atoms with Gasteiger partial charge in [0.2, 0.25) is 0 Å². The van der Waals surface area contributed by atoms with E-state index in [-0.39, 0.29) is 17.9 Å². The number of aliphatic hydroxyl groups excluding tert-OH is 2. The summed E-state index contributed by atoms with van der Waals surface area (Å²) in [7, 11) is 0. The zero-order chi connectivity index (χ0) is 19.6. The number of benzene rings is 2. The summed E-state index contributed by atoms with van der Waals surface area (Å²) in [5.41, 5.74) is 3.41. The molecule has 0 bridgehead atoms. The van der Waals surface area contributed by atoms with E-state index >= 15 is 0 Å². The first-order chi connectivity index (χ1) is 12.8. The second kappa shape index (κ2) is 7.50. The molecule has 0 aliphatic rings. The van der Waals surface area contributed by atoms with Crippen molar-refractivity contribution in [2.75, 3.05) is 12.0 Å². The van der Waals surface area contributed by atoms with E-state index in [0.717, 1.165) is 5.56 Å². The van der Waals surface area contributed by atoms with Gasteiger partial charge < -0.3 is 15.6 Å². The van der Waals surface area contributed by atoms with Crippen LogP contribution >= 0.6 is 0 Å². The Morgan fingerprint density at radius 2 is 1.67 bits per heavy atom. The van der Waals surface area contributed by atoms with Crippen molar-refractivity contribution in [3.8, 4) is 0 Å². The molecule has 0 aliphatic carbocycles. The standard InChI is InChI=1S/C21H25N3O3/c1-21(2,3)18(26)19-23-16-12-8-7-11-15(16)20(27)24(19)22-13-17(25)14-9-5-4-6-10-14/h4-12,17-18,22,25-26H,13H2,1-3H3/t17-,18+/m0/s1. The lowest BCUT2D eigenvalue weighted by Crippen LogP contribution is -2.38. The summed E-state index contributed by atoms with van der Waals surface area (Å²) in [6, 6.07) is 16.2. The molecule has 0 aliphatic heterocycles. The van der Waals surface area contributed by atoms with E-state index < -0.39 is 17.6 Å². The maximum absolute atomic E-state index is 13.0. The molecule has 3 N–H and O–H groups in total.